The molecule has 1 aliphatic heterocycles. The summed E-state index contributed by atoms with van der Waals surface area (Å²) in [5.41, 5.74) is 2.94. The van der Waals surface area contributed by atoms with Crippen molar-refractivity contribution in [1.29, 1.82) is 0 Å². The van der Waals surface area contributed by atoms with E-state index in [4.69, 9.17) is 0 Å². The molecule has 1 saturated heterocycles. The summed E-state index contributed by atoms with van der Waals surface area (Å²) < 4.78 is 28.1. The first kappa shape index (κ1) is 22.8. The summed E-state index contributed by atoms with van der Waals surface area (Å²) in [7, 11) is -3.94. The van der Waals surface area contributed by atoms with Gasteiger partial charge in [-0.15, -0.1) is 0 Å². The standard InChI is InChI=1S/C24H26N4O4S/c1-19-7-12-23(28(29)30)17-24(19)33(31,32)25-21-10-8-20(9-11-21)18-26-13-15-27(16-14-26)22-5-3-2-4-6-22/h2-12,17,25H,13-16,18H2,1H3. The maximum Gasteiger partial charge on any atom is 0.270 e. The van der Waals surface area contributed by atoms with Crippen molar-refractivity contribution in [2.75, 3.05) is 35.8 Å². The largest absolute Gasteiger partial charge is 0.369 e. The van der Waals surface area contributed by atoms with E-state index in [0.717, 1.165) is 44.4 Å². The second-order valence-electron chi connectivity index (χ2n) is 8.11. The van der Waals surface area contributed by atoms with Crippen LogP contribution in [0.5, 0.6) is 0 Å². The fraction of sp³-hybridized carbons (Fsp3) is 0.250. The number of para-hydroxylation sites is 1. The van der Waals surface area contributed by atoms with Crippen LogP contribution in [-0.2, 0) is 16.6 Å². The number of rotatable bonds is 7. The third-order valence-corrected chi connectivity index (χ3v) is 7.30. The highest BCUT2D eigenvalue weighted by molar-refractivity contribution is 7.92. The molecule has 33 heavy (non-hydrogen) atoms. The van der Waals surface area contributed by atoms with Gasteiger partial charge in [0.2, 0.25) is 0 Å². The number of non-ortho nitro benzene ring substituents is 1. The number of anilines is 2. The minimum Gasteiger partial charge on any atom is -0.369 e. The molecule has 3 aromatic carbocycles. The SMILES string of the molecule is Cc1ccc([N+](=O)[O-])cc1S(=O)(=O)Nc1ccc(CN2CCN(c3ccccc3)CC2)cc1. The zero-order valence-corrected chi connectivity index (χ0v) is 19.2. The van der Waals surface area contributed by atoms with Gasteiger partial charge in [0.05, 0.1) is 9.82 Å². The normalized spacial score (nSPS) is 14.8. The summed E-state index contributed by atoms with van der Waals surface area (Å²) >= 11 is 0. The van der Waals surface area contributed by atoms with Crippen molar-refractivity contribution >= 4 is 27.1 Å². The van der Waals surface area contributed by atoms with Crippen LogP contribution in [0.3, 0.4) is 0 Å². The van der Waals surface area contributed by atoms with Crippen LogP contribution in [0.4, 0.5) is 17.1 Å². The highest BCUT2D eigenvalue weighted by Gasteiger charge is 2.21. The molecule has 3 aromatic rings. The Bertz CT molecular complexity index is 1220. The lowest BCUT2D eigenvalue weighted by Gasteiger charge is -2.36. The molecule has 0 atom stereocenters. The lowest BCUT2D eigenvalue weighted by molar-refractivity contribution is -0.385. The Labute approximate surface area is 193 Å². The molecular weight excluding hydrogens is 440 g/mol. The number of nitrogens with one attached hydrogen (secondary N) is 1. The maximum atomic E-state index is 12.8. The molecule has 0 aromatic heterocycles. The Hall–Kier alpha value is -3.43. The van der Waals surface area contributed by atoms with Crippen LogP contribution >= 0.6 is 0 Å². The minimum absolute atomic E-state index is 0.0999. The number of nitrogens with zero attached hydrogens (tertiary/aromatic N) is 3. The van der Waals surface area contributed by atoms with Crippen molar-refractivity contribution in [2.45, 2.75) is 18.4 Å². The summed E-state index contributed by atoms with van der Waals surface area (Å²) in [4.78, 5) is 15.1. The number of benzene rings is 3. The molecule has 0 spiro atoms. The minimum atomic E-state index is -3.94. The number of sulfonamides is 1. The maximum absolute atomic E-state index is 12.8. The van der Waals surface area contributed by atoms with Crippen LogP contribution in [0.15, 0.2) is 77.7 Å². The van der Waals surface area contributed by atoms with E-state index in [9.17, 15) is 18.5 Å². The first-order valence-electron chi connectivity index (χ1n) is 10.7. The van der Waals surface area contributed by atoms with Crippen molar-refractivity contribution in [3.63, 3.8) is 0 Å². The van der Waals surface area contributed by atoms with Crippen molar-refractivity contribution in [3.8, 4) is 0 Å². The van der Waals surface area contributed by atoms with Gasteiger partial charge in [-0.2, -0.15) is 0 Å². The average Bonchev–Trinajstić information content (AvgIpc) is 2.81. The number of nitro benzene ring substituents is 1. The highest BCUT2D eigenvalue weighted by Crippen LogP contribution is 2.24. The zero-order chi connectivity index (χ0) is 23.4. The molecule has 0 aliphatic carbocycles. The van der Waals surface area contributed by atoms with Gasteiger partial charge in [0, 0.05) is 56.2 Å². The fourth-order valence-electron chi connectivity index (χ4n) is 3.94. The number of aryl methyl sites for hydroxylation is 1. The van der Waals surface area contributed by atoms with Gasteiger partial charge in [0.25, 0.3) is 15.7 Å². The molecule has 1 heterocycles. The molecule has 172 valence electrons. The molecular formula is C24H26N4O4S. The Morgan fingerprint density at radius 1 is 0.939 bits per heavy atom. The molecule has 1 N–H and O–H groups in total. The van der Waals surface area contributed by atoms with Crippen molar-refractivity contribution in [3.05, 3.63) is 94.0 Å². The Balaban J connectivity index is 1.37. The Kier molecular flexibility index (Phi) is 6.62. The van der Waals surface area contributed by atoms with Crippen molar-refractivity contribution < 1.29 is 13.3 Å². The lowest BCUT2D eigenvalue weighted by Crippen LogP contribution is -2.45. The number of nitro groups is 1. The van der Waals surface area contributed by atoms with Gasteiger partial charge in [-0.1, -0.05) is 36.4 Å². The monoisotopic (exact) mass is 466 g/mol. The average molecular weight is 467 g/mol. The molecule has 1 aliphatic rings. The fourth-order valence-corrected chi connectivity index (χ4v) is 5.27. The van der Waals surface area contributed by atoms with Gasteiger partial charge in [-0.25, -0.2) is 8.42 Å². The van der Waals surface area contributed by atoms with Gasteiger partial charge >= 0.3 is 0 Å². The highest BCUT2D eigenvalue weighted by atomic mass is 32.2. The van der Waals surface area contributed by atoms with Crippen LogP contribution in [0, 0.1) is 17.0 Å². The van der Waals surface area contributed by atoms with E-state index in [0.29, 0.717) is 11.3 Å². The topological polar surface area (TPSA) is 95.8 Å². The molecule has 0 radical (unpaired) electrons. The third-order valence-electron chi connectivity index (χ3n) is 5.78. The van der Waals surface area contributed by atoms with Crippen molar-refractivity contribution in [2.24, 2.45) is 0 Å². The number of hydrogen-bond acceptors (Lipinski definition) is 6. The molecule has 0 unspecified atom stereocenters. The van der Waals surface area contributed by atoms with Gasteiger partial charge < -0.3 is 4.90 Å². The van der Waals surface area contributed by atoms with Crippen LogP contribution < -0.4 is 9.62 Å². The van der Waals surface area contributed by atoms with Crippen molar-refractivity contribution in [1.82, 2.24) is 4.90 Å². The number of hydrogen-bond donors (Lipinski definition) is 1. The molecule has 4 rings (SSSR count). The summed E-state index contributed by atoms with van der Waals surface area (Å²) in [5, 5.41) is 11.0. The van der Waals surface area contributed by atoms with E-state index in [1.165, 1.54) is 17.8 Å². The Morgan fingerprint density at radius 2 is 1.61 bits per heavy atom. The quantitative estimate of drug-likeness (QED) is 0.417. The zero-order valence-electron chi connectivity index (χ0n) is 18.3. The molecule has 1 fully saturated rings. The second kappa shape index (κ2) is 9.60. The van der Waals surface area contributed by atoms with E-state index in [1.807, 2.05) is 18.2 Å². The molecule has 0 amide bonds. The predicted molar refractivity (Wildman–Crippen MR) is 129 cm³/mol. The van der Waals surface area contributed by atoms with E-state index < -0.39 is 14.9 Å². The summed E-state index contributed by atoms with van der Waals surface area (Å²) in [6, 6.07) is 21.5. The van der Waals surface area contributed by atoms with E-state index in [2.05, 4.69) is 38.8 Å². The third kappa shape index (κ3) is 5.50. The second-order valence-corrected chi connectivity index (χ2v) is 9.76. The van der Waals surface area contributed by atoms with E-state index in [1.54, 1.807) is 19.1 Å². The molecule has 0 bridgehead atoms. The van der Waals surface area contributed by atoms with Gasteiger partial charge in [-0.05, 0) is 42.3 Å². The van der Waals surface area contributed by atoms with Crippen LogP contribution in [0.1, 0.15) is 11.1 Å². The molecule has 0 saturated carbocycles. The van der Waals surface area contributed by atoms with Crippen LogP contribution in [0.25, 0.3) is 0 Å². The summed E-state index contributed by atoms with van der Waals surface area (Å²) in [6.45, 7) is 6.23. The lowest BCUT2D eigenvalue weighted by atomic mass is 10.1. The van der Waals surface area contributed by atoms with Crippen LogP contribution in [0.2, 0.25) is 0 Å². The number of piperazine rings is 1. The first-order valence-corrected chi connectivity index (χ1v) is 12.2. The van der Waals surface area contributed by atoms with Gasteiger partial charge in [0.15, 0.2) is 0 Å². The first-order chi connectivity index (χ1) is 15.8. The van der Waals surface area contributed by atoms with Crippen LogP contribution in [-0.4, -0.2) is 44.4 Å². The summed E-state index contributed by atoms with van der Waals surface area (Å²) in [6.07, 6.45) is 0. The van der Waals surface area contributed by atoms with Gasteiger partial charge in [-0.3, -0.25) is 19.7 Å². The Morgan fingerprint density at radius 3 is 2.24 bits per heavy atom. The van der Waals surface area contributed by atoms with E-state index >= 15 is 0 Å². The molecule has 8 nitrogen and oxygen atoms in total. The smallest absolute Gasteiger partial charge is 0.270 e. The van der Waals surface area contributed by atoms with E-state index in [-0.39, 0.29) is 10.6 Å². The predicted octanol–water partition coefficient (Wildman–Crippen LogP) is 4.03. The van der Waals surface area contributed by atoms with Gasteiger partial charge in [0.1, 0.15) is 0 Å². The molecule has 9 heteroatoms. The summed E-state index contributed by atoms with van der Waals surface area (Å²) in [5.74, 6) is 0.